The molecule has 33 heavy (non-hydrogen) atoms. The molecule has 0 radical (unpaired) electrons. The zero-order chi connectivity index (χ0) is 21.9. The molecule has 0 saturated carbocycles. The molecule has 0 atom stereocenters. The van der Waals surface area contributed by atoms with Crippen LogP contribution in [-0.4, -0.2) is 36.9 Å². The number of aromatic nitrogens is 6. The fraction of sp³-hybridized carbons (Fsp3) is 0. The highest BCUT2D eigenvalue weighted by molar-refractivity contribution is 6.44. The van der Waals surface area contributed by atoms with Gasteiger partial charge in [-0.15, -0.1) is 0 Å². The van der Waals surface area contributed by atoms with Gasteiger partial charge < -0.3 is 0 Å². The minimum atomic E-state index is 0.654. The van der Waals surface area contributed by atoms with Crippen LogP contribution in [0.25, 0.3) is 55.5 Å². The Morgan fingerprint density at radius 3 is 1.70 bits per heavy atom. The third-order valence-electron chi connectivity index (χ3n) is 6.26. The van der Waals surface area contributed by atoms with Crippen LogP contribution in [0.2, 0.25) is 0 Å². The normalized spacial score (nSPS) is 11.8. The quantitative estimate of drug-likeness (QED) is 0.397. The van der Waals surface area contributed by atoms with Gasteiger partial charge in [0.05, 0.1) is 22.1 Å². The number of hydrogen-bond donors (Lipinski definition) is 0. The molecule has 0 aliphatic rings. The number of rotatable bonds is 2. The van der Waals surface area contributed by atoms with Crippen LogP contribution in [0.3, 0.4) is 0 Å². The molecule has 0 N–H and O–H groups in total. The SMILES string of the molecule is Bc1cc2c3ccccc3n(-c3ncccn3)c2c2c3ccccc3n(-c3ncccn3)c12. The number of hydrogen-bond acceptors (Lipinski definition) is 4. The zero-order valence-corrected chi connectivity index (χ0v) is 17.8. The second-order valence-electron chi connectivity index (χ2n) is 8.12. The predicted molar refractivity (Wildman–Crippen MR) is 134 cm³/mol. The lowest BCUT2D eigenvalue weighted by molar-refractivity contribution is 0.987. The maximum atomic E-state index is 4.62. The topological polar surface area (TPSA) is 61.4 Å². The summed E-state index contributed by atoms with van der Waals surface area (Å²) in [7, 11) is 2.16. The Balaban J connectivity index is 1.81. The van der Waals surface area contributed by atoms with E-state index in [1.165, 1.54) is 10.8 Å². The van der Waals surface area contributed by atoms with E-state index in [1.54, 1.807) is 24.8 Å². The smallest absolute Gasteiger partial charge is 0.234 e. The lowest BCUT2D eigenvalue weighted by Gasteiger charge is -2.09. The molecule has 3 aromatic carbocycles. The first-order chi connectivity index (χ1) is 16.3. The molecule has 7 heteroatoms. The summed E-state index contributed by atoms with van der Waals surface area (Å²) < 4.78 is 4.34. The van der Waals surface area contributed by atoms with Crippen LogP contribution in [0.15, 0.2) is 91.5 Å². The molecule has 154 valence electrons. The Labute approximate surface area is 189 Å². The highest BCUT2D eigenvalue weighted by atomic mass is 15.2. The largest absolute Gasteiger partial charge is 0.278 e. The number of para-hydroxylation sites is 2. The monoisotopic (exact) mass is 424 g/mol. The molecule has 6 nitrogen and oxygen atoms in total. The van der Waals surface area contributed by atoms with Crippen LogP contribution >= 0.6 is 0 Å². The van der Waals surface area contributed by atoms with Crippen molar-refractivity contribution in [3.8, 4) is 11.9 Å². The van der Waals surface area contributed by atoms with Crippen molar-refractivity contribution in [2.75, 3.05) is 0 Å². The third-order valence-corrected chi connectivity index (χ3v) is 6.26. The lowest BCUT2D eigenvalue weighted by atomic mass is 9.91. The van der Waals surface area contributed by atoms with Gasteiger partial charge >= 0.3 is 0 Å². The van der Waals surface area contributed by atoms with Crippen molar-refractivity contribution in [1.29, 1.82) is 0 Å². The van der Waals surface area contributed by atoms with E-state index in [0.717, 1.165) is 38.3 Å². The minimum absolute atomic E-state index is 0.654. The predicted octanol–water partition coefficient (Wildman–Crippen LogP) is 3.72. The molecule has 7 rings (SSSR count). The minimum Gasteiger partial charge on any atom is -0.278 e. The highest BCUT2D eigenvalue weighted by Gasteiger charge is 2.23. The Kier molecular flexibility index (Phi) is 3.70. The zero-order valence-electron chi connectivity index (χ0n) is 17.8. The number of nitrogens with zero attached hydrogens (tertiary/aromatic N) is 6. The van der Waals surface area contributed by atoms with E-state index in [9.17, 15) is 0 Å². The highest BCUT2D eigenvalue weighted by Crippen LogP contribution is 2.39. The van der Waals surface area contributed by atoms with Crippen LogP contribution in [0.4, 0.5) is 0 Å². The molecule has 0 bridgehead atoms. The lowest BCUT2D eigenvalue weighted by Crippen LogP contribution is -2.11. The van der Waals surface area contributed by atoms with Gasteiger partial charge in [0, 0.05) is 46.3 Å². The van der Waals surface area contributed by atoms with Gasteiger partial charge in [-0.1, -0.05) is 47.9 Å². The molecular weight excluding hydrogens is 407 g/mol. The molecule has 0 unspecified atom stereocenters. The van der Waals surface area contributed by atoms with E-state index < -0.39 is 0 Å². The second-order valence-corrected chi connectivity index (χ2v) is 8.12. The van der Waals surface area contributed by atoms with Gasteiger partial charge in [0.25, 0.3) is 0 Å². The Morgan fingerprint density at radius 1 is 0.545 bits per heavy atom. The van der Waals surface area contributed by atoms with E-state index in [0.29, 0.717) is 11.9 Å². The van der Waals surface area contributed by atoms with Crippen molar-refractivity contribution in [1.82, 2.24) is 29.1 Å². The van der Waals surface area contributed by atoms with Gasteiger partial charge in [0.15, 0.2) is 0 Å². The molecular formula is C26H17BN6. The van der Waals surface area contributed by atoms with Crippen LogP contribution in [0, 0.1) is 0 Å². The fourth-order valence-corrected chi connectivity index (χ4v) is 5.02. The van der Waals surface area contributed by atoms with E-state index in [2.05, 4.69) is 91.5 Å². The molecule has 0 saturated heterocycles. The Hall–Kier alpha value is -4.52. The summed E-state index contributed by atoms with van der Waals surface area (Å²) in [5.41, 5.74) is 5.50. The molecule has 0 spiro atoms. The standard InChI is InChI=1S/C26H17BN6/c27-19-15-18-16-7-1-3-9-20(16)32(25-28-11-5-12-29-25)23(18)22-17-8-2-4-10-21(17)33(24(19)22)26-30-13-6-14-31-26/h1-15H,27H2. The van der Waals surface area contributed by atoms with E-state index >= 15 is 0 Å². The molecule has 4 aromatic heterocycles. The van der Waals surface area contributed by atoms with Gasteiger partial charge in [-0.3, -0.25) is 9.13 Å². The summed E-state index contributed by atoms with van der Waals surface area (Å²) in [6, 6.07) is 22.8. The first kappa shape index (κ1) is 18.1. The first-order valence-electron chi connectivity index (χ1n) is 10.8. The van der Waals surface area contributed by atoms with Crippen molar-refractivity contribution >= 4 is 56.9 Å². The van der Waals surface area contributed by atoms with Crippen molar-refractivity contribution in [3.05, 3.63) is 91.5 Å². The van der Waals surface area contributed by atoms with Crippen LogP contribution < -0.4 is 5.46 Å². The fourth-order valence-electron chi connectivity index (χ4n) is 5.02. The van der Waals surface area contributed by atoms with Gasteiger partial charge in [-0.2, -0.15) is 0 Å². The molecule has 7 aromatic rings. The molecule has 0 aliphatic carbocycles. The summed E-state index contributed by atoms with van der Waals surface area (Å²) in [5, 5.41) is 4.66. The van der Waals surface area contributed by atoms with E-state index in [1.807, 2.05) is 12.1 Å². The summed E-state index contributed by atoms with van der Waals surface area (Å²) in [6.45, 7) is 0. The number of fused-ring (bicyclic) bond motifs is 7. The van der Waals surface area contributed by atoms with Gasteiger partial charge in [-0.25, -0.2) is 19.9 Å². The van der Waals surface area contributed by atoms with E-state index in [-0.39, 0.29) is 0 Å². The Morgan fingerprint density at radius 2 is 1.06 bits per heavy atom. The average Bonchev–Trinajstić information content (AvgIpc) is 3.39. The van der Waals surface area contributed by atoms with Crippen molar-refractivity contribution in [3.63, 3.8) is 0 Å². The summed E-state index contributed by atoms with van der Waals surface area (Å²) >= 11 is 0. The first-order valence-corrected chi connectivity index (χ1v) is 10.8. The van der Waals surface area contributed by atoms with Crippen LogP contribution in [-0.2, 0) is 0 Å². The molecule has 0 aliphatic heterocycles. The summed E-state index contributed by atoms with van der Waals surface area (Å²) in [6.07, 6.45) is 7.14. The van der Waals surface area contributed by atoms with Crippen molar-refractivity contribution < 1.29 is 0 Å². The van der Waals surface area contributed by atoms with E-state index in [4.69, 9.17) is 0 Å². The number of benzene rings is 3. The third kappa shape index (κ3) is 2.44. The molecule has 0 amide bonds. The van der Waals surface area contributed by atoms with Crippen LogP contribution in [0.1, 0.15) is 0 Å². The van der Waals surface area contributed by atoms with Gasteiger partial charge in [-0.05, 0) is 24.3 Å². The van der Waals surface area contributed by atoms with Crippen molar-refractivity contribution in [2.24, 2.45) is 0 Å². The maximum Gasteiger partial charge on any atom is 0.234 e. The maximum absolute atomic E-state index is 4.62. The summed E-state index contributed by atoms with van der Waals surface area (Å²) in [5.74, 6) is 1.31. The molecule has 4 heterocycles. The van der Waals surface area contributed by atoms with Gasteiger partial charge in [0.1, 0.15) is 7.85 Å². The summed E-state index contributed by atoms with van der Waals surface area (Å²) in [4.78, 5) is 18.4. The van der Waals surface area contributed by atoms with Crippen molar-refractivity contribution in [2.45, 2.75) is 0 Å². The Bertz CT molecular complexity index is 1820. The molecule has 0 fully saturated rings. The second kappa shape index (κ2) is 6.74. The van der Waals surface area contributed by atoms with Gasteiger partial charge in [0.2, 0.25) is 11.9 Å². The van der Waals surface area contributed by atoms with Crippen LogP contribution in [0.5, 0.6) is 0 Å². The average molecular weight is 424 g/mol.